The van der Waals surface area contributed by atoms with Crippen molar-refractivity contribution in [3.63, 3.8) is 0 Å². The first-order valence-electron chi connectivity index (χ1n) is 7.55. The lowest BCUT2D eigenvalue weighted by atomic mass is 9.72. The maximum atomic E-state index is 2.75. The first-order chi connectivity index (χ1) is 8.18. The third kappa shape index (κ3) is 2.71. The number of hydrogen-bond acceptors (Lipinski definition) is 2. The summed E-state index contributed by atoms with van der Waals surface area (Å²) in [5, 5.41) is 0. The predicted octanol–water partition coefficient (Wildman–Crippen LogP) is 2.87. The minimum atomic E-state index is 0. The van der Waals surface area contributed by atoms with Crippen molar-refractivity contribution in [2.45, 2.75) is 38.5 Å². The molecule has 3 aliphatic rings. The molecule has 1 spiro atoms. The Morgan fingerprint density at radius 2 is 2.11 bits per heavy atom. The average molecular weight is 273 g/mol. The van der Waals surface area contributed by atoms with Gasteiger partial charge in [0.1, 0.15) is 0 Å². The molecular formula is C15H29ClN2. The molecule has 2 saturated carbocycles. The molecule has 2 aliphatic carbocycles. The lowest BCUT2D eigenvalue weighted by Crippen LogP contribution is -2.33. The summed E-state index contributed by atoms with van der Waals surface area (Å²) >= 11 is 0. The fraction of sp³-hybridized carbons (Fsp3) is 1.00. The van der Waals surface area contributed by atoms with Crippen LogP contribution in [0.15, 0.2) is 0 Å². The van der Waals surface area contributed by atoms with Gasteiger partial charge in [0.05, 0.1) is 0 Å². The lowest BCUT2D eigenvalue weighted by Gasteiger charge is -2.34. The number of rotatable bonds is 4. The zero-order chi connectivity index (χ0) is 11.9. The highest BCUT2D eigenvalue weighted by Crippen LogP contribution is 2.59. The second-order valence-electron chi connectivity index (χ2n) is 7.13. The summed E-state index contributed by atoms with van der Waals surface area (Å²) in [5.41, 5.74) is 0.779. The Bertz CT molecular complexity index is 282. The number of halogens is 1. The third-order valence-corrected chi connectivity index (χ3v) is 5.65. The van der Waals surface area contributed by atoms with Crippen LogP contribution >= 0.6 is 12.4 Å². The zero-order valence-corrected chi connectivity index (χ0v) is 12.8. The van der Waals surface area contributed by atoms with Gasteiger partial charge in [-0.2, -0.15) is 0 Å². The summed E-state index contributed by atoms with van der Waals surface area (Å²) in [5.74, 6) is 2.22. The molecule has 18 heavy (non-hydrogen) atoms. The van der Waals surface area contributed by atoms with Crippen LogP contribution in [0.5, 0.6) is 0 Å². The standard InChI is InChI=1S/C15H28N2.ClH/c1-16(2)7-3-8-17-9-6-15(12-17)11-13-4-5-14(15)10-13;/h13-14H,3-12H2,1-2H3;1H. The van der Waals surface area contributed by atoms with Gasteiger partial charge in [-0.1, -0.05) is 6.42 Å². The van der Waals surface area contributed by atoms with E-state index < -0.39 is 0 Å². The van der Waals surface area contributed by atoms with Gasteiger partial charge in [0.25, 0.3) is 0 Å². The summed E-state index contributed by atoms with van der Waals surface area (Å²) in [7, 11) is 4.36. The van der Waals surface area contributed by atoms with Crippen molar-refractivity contribution in [2.24, 2.45) is 17.3 Å². The van der Waals surface area contributed by atoms with Gasteiger partial charge < -0.3 is 9.80 Å². The van der Waals surface area contributed by atoms with Crippen LogP contribution in [0.4, 0.5) is 0 Å². The number of fused-ring (bicyclic) bond motifs is 3. The number of nitrogens with zero attached hydrogens (tertiary/aromatic N) is 2. The van der Waals surface area contributed by atoms with Crippen molar-refractivity contribution in [1.82, 2.24) is 9.80 Å². The Balaban J connectivity index is 0.00000120. The third-order valence-electron chi connectivity index (χ3n) is 5.65. The van der Waals surface area contributed by atoms with Crippen molar-refractivity contribution >= 4 is 12.4 Å². The van der Waals surface area contributed by atoms with Gasteiger partial charge >= 0.3 is 0 Å². The smallest absolute Gasteiger partial charge is 0.00412 e. The van der Waals surface area contributed by atoms with E-state index >= 15 is 0 Å². The molecule has 3 heteroatoms. The minimum Gasteiger partial charge on any atom is -0.309 e. The van der Waals surface area contributed by atoms with Gasteiger partial charge in [0, 0.05) is 6.54 Å². The van der Waals surface area contributed by atoms with Crippen LogP contribution in [-0.4, -0.2) is 50.1 Å². The quantitative estimate of drug-likeness (QED) is 0.777. The second-order valence-corrected chi connectivity index (χ2v) is 7.13. The SMILES string of the molecule is CN(C)CCCN1CCC2(CC3CCC2C3)C1.Cl. The summed E-state index contributed by atoms with van der Waals surface area (Å²) in [6, 6.07) is 0. The van der Waals surface area contributed by atoms with Crippen LogP contribution in [0.1, 0.15) is 38.5 Å². The van der Waals surface area contributed by atoms with E-state index in [1.165, 1.54) is 39.0 Å². The van der Waals surface area contributed by atoms with Crippen LogP contribution in [0.3, 0.4) is 0 Å². The summed E-state index contributed by atoms with van der Waals surface area (Å²) in [4.78, 5) is 5.06. The Morgan fingerprint density at radius 3 is 2.72 bits per heavy atom. The molecule has 106 valence electrons. The Labute approximate surface area is 119 Å². The molecule has 0 amide bonds. The van der Waals surface area contributed by atoms with Crippen LogP contribution in [0.25, 0.3) is 0 Å². The first-order valence-corrected chi connectivity index (χ1v) is 7.55. The monoisotopic (exact) mass is 272 g/mol. The molecule has 0 radical (unpaired) electrons. The van der Waals surface area contributed by atoms with Crippen LogP contribution < -0.4 is 0 Å². The van der Waals surface area contributed by atoms with Crippen LogP contribution in [0, 0.1) is 17.3 Å². The van der Waals surface area contributed by atoms with E-state index in [2.05, 4.69) is 23.9 Å². The highest BCUT2D eigenvalue weighted by molar-refractivity contribution is 5.85. The van der Waals surface area contributed by atoms with Crippen LogP contribution in [-0.2, 0) is 0 Å². The molecule has 1 saturated heterocycles. The Hall–Kier alpha value is 0.210. The molecule has 3 fully saturated rings. The highest BCUT2D eigenvalue weighted by atomic mass is 35.5. The molecule has 0 aromatic carbocycles. The van der Waals surface area contributed by atoms with Crippen LogP contribution in [0.2, 0.25) is 0 Å². The molecular weight excluding hydrogens is 244 g/mol. The van der Waals surface area contributed by atoms with E-state index in [0.717, 1.165) is 17.3 Å². The van der Waals surface area contributed by atoms with E-state index in [4.69, 9.17) is 0 Å². The molecule has 0 aromatic rings. The maximum absolute atomic E-state index is 2.75. The Morgan fingerprint density at radius 1 is 1.28 bits per heavy atom. The fourth-order valence-corrected chi connectivity index (χ4v) is 4.84. The molecule has 0 N–H and O–H groups in total. The van der Waals surface area contributed by atoms with Gasteiger partial charge in [-0.3, -0.25) is 0 Å². The Kier molecular flexibility index (Phi) is 4.61. The number of hydrogen-bond donors (Lipinski definition) is 0. The van der Waals surface area contributed by atoms with E-state index in [9.17, 15) is 0 Å². The fourth-order valence-electron chi connectivity index (χ4n) is 4.84. The van der Waals surface area contributed by atoms with Crippen molar-refractivity contribution in [3.05, 3.63) is 0 Å². The van der Waals surface area contributed by atoms with Gasteiger partial charge in [0.2, 0.25) is 0 Å². The molecule has 2 bridgehead atoms. The summed E-state index contributed by atoms with van der Waals surface area (Å²) in [6.07, 6.45) is 9.10. The van der Waals surface area contributed by atoms with Crippen molar-refractivity contribution in [3.8, 4) is 0 Å². The second kappa shape index (κ2) is 5.68. The summed E-state index contributed by atoms with van der Waals surface area (Å²) < 4.78 is 0. The normalized spacial score (nSPS) is 38.8. The van der Waals surface area contributed by atoms with E-state index in [1.807, 2.05) is 0 Å². The minimum absolute atomic E-state index is 0. The molecule has 1 aliphatic heterocycles. The van der Waals surface area contributed by atoms with Crippen molar-refractivity contribution < 1.29 is 0 Å². The topological polar surface area (TPSA) is 6.48 Å². The molecule has 1 heterocycles. The lowest BCUT2D eigenvalue weighted by molar-refractivity contribution is 0.162. The molecule has 3 atom stereocenters. The highest BCUT2D eigenvalue weighted by Gasteiger charge is 2.53. The van der Waals surface area contributed by atoms with Crippen molar-refractivity contribution in [1.29, 1.82) is 0 Å². The van der Waals surface area contributed by atoms with Gasteiger partial charge in [0.15, 0.2) is 0 Å². The molecule has 3 rings (SSSR count). The maximum Gasteiger partial charge on any atom is 0.00412 e. The zero-order valence-electron chi connectivity index (χ0n) is 12.0. The predicted molar refractivity (Wildman–Crippen MR) is 79.4 cm³/mol. The average Bonchev–Trinajstić information content (AvgIpc) is 2.94. The van der Waals surface area contributed by atoms with Gasteiger partial charge in [-0.25, -0.2) is 0 Å². The van der Waals surface area contributed by atoms with E-state index in [-0.39, 0.29) is 12.4 Å². The van der Waals surface area contributed by atoms with E-state index in [1.54, 1.807) is 25.7 Å². The van der Waals surface area contributed by atoms with Gasteiger partial charge in [-0.05, 0) is 83.1 Å². The largest absolute Gasteiger partial charge is 0.309 e. The van der Waals surface area contributed by atoms with E-state index in [0.29, 0.717) is 0 Å². The first kappa shape index (κ1) is 14.6. The van der Waals surface area contributed by atoms with Gasteiger partial charge in [-0.15, -0.1) is 12.4 Å². The van der Waals surface area contributed by atoms with Crippen molar-refractivity contribution in [2.75, 3.05) is 40.3 Å². The molecule has 2 nitrogen and oxygen atoms in total. The molecule has 3 unspecified atom stereocenters. The number of likely N-dealkylation sites (tertiary alicyclic amines) is 1. The summed E-state index contributed by atoms with van der Waals surface area (Å²) in [6.45, 7) is 5.39. The molecule has 0 aromatic heterocycles.